The summed E-state index contributed by atoms with van der Waals surface area (Å²) in [4.78, 5) is 23.4. The number of amides is 2. The predicted octanol–water partition coefficient (Wildman–Crippen LogP) is 1.56. The molecule has 21 heavy (non-hydrogen) atoms. The van der Waals surface area contributed by atoms with Gasteiger partial charge in [-0.3, -0.25) is 9.59 Å². The molecule has 2 rings (SSSR count). The maximum Gasteiger partial charge on any atom is 0.251 e. The second kappa shape index (κ2) is 6.56. The van der Waals surface area contributed by atoms with Gasteiger partial charge in [-0.25, -0.2) is 0 Å². The van der Waals surface area contributed by atoms with Gasteiger partial charge in [-0.2, -0.15) is 0 Å². The summed E-state index contributed by atoms with van der Waals surface area (Å²) in [7, 11) is 1.59. The highest BCUT2D eigenvalue weighted by molar-refractivity contribution is 5.95. The topological polar surface area (TPSA) is 84.2 Å². The van der Waals surface area contributed by atoms with E-state index < -0.39 is 0 Å². The van der Waals surface area contributed by atoms with E-state index in [9.17, 15) is 9.59 Å². The fourth-order valence-corrected chi connectivity index (χ4v) is 1.88. The van der Waals surface area contributed by atoms with E-state index in [0.717, 1.165) is 5.56 Å². The van der Waals surface area contributed by atoms with Crippen molar-refractivity contribution in [3.63, 3.8) is 0 Å². The molecule has 0 unspecified atom stereocenters. The number of benzene rings is 2. The molecule has 4 N–H and O–H groups in total. The van der Waals surface area contributed by atoms with E-state index in [-0.39, 0.29) is 11.8 Å². The van der Waals surface area contributed by atoms with Crippen LogP contribution in [0, 0.1) is 0 Å². The summed E-state index contributed by atoms with van der Waals surface area (Å²) in [6.45, 7) is 0.391. The number of hydrogen-bond acceptors (Lipinski definition) is 3. The molecule has 2 aromatic carbocycles. The molecule has 0 aliphatic carbocycles. The van der Waals surface area contributed by atoms with Crippen molar-refractivity contribution in [3.05, 3.63) is 65.2 Å². The molecule has 5 nitrogen and oxygen atoms in total. The van der Waals surface area contributed by atoms with Gasteiger partial charge in [0.15, 0.2) is 0 Å². The largest absolute Gasteiger partial charge is 0.399 e. The molecule has 0 saturated heterocycles. The number of rotatable bonds is 4. The minimum Gasteiger partial charge on any atom is -0.399 e. The average Bonchev–Trinajstić information content (AvgIpc) is 2.52. The van der Waals surface area contributed by atoms with Crippen molar-refractivity contribution < 1.29 is 9.59 Å². The third-order valence-electron chi connectivity index (χ3n) is 3.05. The van der Waals surface area contributed by atoms with Gasteiger partial charge in [0, 0.05) is 30.4 Å². The Kier molecular flexibility index (Phi) is 4.56. The van der Waals surface area contributed by atoms with E-state index in [1.807, 2.05) is 12.1 Å². The molecule has 0 aliphatic rings. The van der Waals surface area contributed by atoms with Gasteiger partial charge in [-0.1, -0.05) is 18.2 Å². The molecule has 0 saturated carbocycles. The van der Waals surface area contributed by atoms with Crippen LogP contribution in [-0.2, 0) is 6.54 Å². The van der Waals surface area contributed by atoms with E-state index in [1.54, 1.807) is 43.4 Å². The Hall–Kier alpha value is -2.82. The third kappa shape index (κ3) is 3.82. The van der Waals surface area contributed by atoms with Crippen molar-refractivity contribution in [2.75, 3.05) is 12.8 Å². The summed E-state index contributed by atoms with van der Waals surface area (Å²) in [6.07, 6.45) is 0. The van der Waals surface area contributed by atoms with Crippen LogP contribution in [0.2, 0.25) is 0 Å². The molecule has 0 aromatic heterocycles. The number of nitrogens with two attached hydrogens (primary N) is 1. The number of nitrogens with one attached hydrogen (secondary N) is 2. The van der Waals surface area contributed by atoms with Crippen LogP contribution in [0.15, 0.2) is 48.5 Å². The zero-order valence-corrected chi connectivity index (χ0v) is 11.7. The summed E-state index contributed by atoms with van der Waals surface area (Å²) in [5, 5.41) is 5.37. The average molecular weight is 283 g/mol. The van der Waals surface area contributed by atoms with Gasteiger partial charge in [0.2, 0.25) is 0 Å². The normalized spacial score (nSPS) is 9.95. The highest BCUT2D eigenvalue weighted by atomic mass is 16.2. The standard InChI is InChI=1S/C16H17N3O2/c1-18-15(20)12-7-5-11(6-8-12)10-19-16(21)13-3-2-4-14(17)9-13/h2-9H,10,17H2,1H3,(H,18,20)(H,19,21). The predicted molar refractivity (Wildman–Crippen MR) is 81.9 cm³/mol. The van der Waals surface area contributed by atoms with Gasteiger partial charge >= 0.3 is 0 Å². The highest BCUT2D eigenvalue weighted by Crippen LogP contribution is 2.08. The Bertz CT molecular complexity index is 651. The fourth-order valence-electron chi connectivity index (χ4n) is 1.88. The Morgan fingerprint density at radius 2 is 1.71 bits per heavy atom. The molecule has 0 atom stereocenters. The van der Waals surface area contributed by atoms with Gasteiger partial charge in [0.25, 0.3) is 11.8 Å². The molecule has 0 bridgehead atoms. The number of nitrogen functional groups attached to an aromatic ring is 1. The van der Waals surface area contributed by atoms with Crippen LogP contribution < -0.4 is 16.4 Å². The Morgan fingerprint density at radius 1 is 1.00 bits per heavy atom. The second-order valence-electron chi connectivity index (χ2n) is 4.58. The van der Waals surface area contributed by atoms with Gasteiger partial charge in [0.05, 0.1) is 0 Å². The van der Waals surface area contributed by atoms with Crippen LogP contribution in [0.5, 0.6) is 0 Å². The molecular formula is C16H17N3O2. The molecule has 5 heteroatoms. The molecular weight excluding hydrogens is 266 g/mol. The first-order valence-corrected chi connectivity index (χ1v) is 6.55. The lowest BCUT2D eigenvalue weighted by molar-refractivity contribution is 0.0946. The smallest absolute Gasteiger partial charge is 0.251 e. The lowest BCUT2D eigenvalue weighted by atomic mass is 10.1. The number of hydrogen-bond donors (Lipinski definition) is 3. The van der Waals surface area contributed by atoms with E-state index in [0.29, 0.717) is 23.4 Å². The zero-order valence-electron chi connectivity index (χ0n) is 11.7. The molecule has 108 valence electrons. The molecule has 2 aromatic rings. The van der Waals surface area contributed by atoms with Crippen LogP contribution >= 0.6 is 0 Å². The molecule has 0 aliphatic heterocycles. The van der Waals surface area contributed by atoms with Crippen molar-refractivity contribution in [2.24, 2.45) is 0 Å². The second-order valence-corrected chi connectivity index (χ2v) is 4.58. The van der Waals surface area contributed by atoms with Crippen molar-refractivity contribution in [1.29, 1.82) is 0 Å². The first kappa shape index (κ1) is 14.6. The van der Waals surface area contributed by atoms with Crippen LogP contribution in [0.25, 0.3) is 0 Å². The Labute approximate surface area is 123 Å². The monoisotopic (exact) mass is 283 g/mol. The Morgan fingerprint density at radius 3 is 2.33 bits per heavy atom. The Balaban J connectivity index is 1.97. The summed E-state index contributed by atoms with van der Waals surface area (Å²) in [5.74, 6) is -0.317. The van der Waals surface area contributed by atoms with E-state index in [2.05, 4.69) is 10.6 Å². The van der Waals surface area contributed by atoms with Gasteiger partial charge in [-0.15, -0.1) is 0 Å². The SMILES string of the molecule is CNC(=O)c1ccc(CNC(=O)c2cccc(N)c2)cc1. The summed E-state index contributed by atoms with van der Waals surface area (Å²) >= 11 is 0. The van der Waals surface area contributed by atoms with Crippen LogP contribution in [-0.4, -0.2) is 18.9 Å². The van der Waals surface area contributed by atoms with E-state index in [4.69, 9.17) is 5.73 Å². The zero-order chi connectivity index (χ0) is 15.2. The highest BCUT2D eigenvalue weighted by Gasteiger charge is 2.06. The van der Waals surface area contributed by atoms with Gasteiger partial charge < -0.3 is 16.4 Å². The van der Waals surface area contributed by atoms with Crippen molar-refractivity contribution in [2.45, 2.75) is 6.54 Å². The van der Waals surface area contributed by atoms with Crippen molar-refractivity contribution in [3.8, 4) is 0 Å². The van der Waals surface area contributed by atoms with E-state index >= 15 is 0 Å². The molecule has 0 spiro atoms. The molecule has 0 fully saturated rings. The number of anilines is 1. The minimum atomic E-state index is -0.183. The first-order chi connectivity index (χ1) is 10.1. The lowest BCUT2D eigenvalue weighted by Gasteiger charge is -2.07. The van der Waals surface area contributed by atoms with Crippen molar-refractivity contribution in [1.82, 2.24) is 10.6 Å². The maximum atomic E-state index is 12.0. The number of carbonyl (C=O) groups is 2. The van der Waals surface area contributed by atoms with Crippen molar-refractivity contribution >= 4 is 17.5 Å². The van der Waals surface area contributed by atoms with Crippen LogP contribution in [0.3, 0.4) is 0 Å². The fraction of sp³-hybridized carbons (Fsp3) is 0.125. The van der Waals surface area contributed by atoms with Gasteiger partial charge in [0.1, 0.15) is 0 Å². The summed E-state index contributed by atoms with van der Waals surface area (Å²) in [6, 6.07) is 13.9. The lowest BCUT2D eigenvalue weighted by Crippen LogP contribution is -2.23. The first-order valence-electron chi connectivity index (χ1n) is 6.55. The van der Waals surface area contributed by atoms with Gasteiger partial charge in [-0.05, 0) is 35.9 Å². The maximum absolute atomic E-state index is 12.0. The minimum absolute atomic E-state index is 0.134. The summed E-state index contributed by atoms with van der Waals surface area (Å²) < 4.78 is 0. The molecule has 0 heterocycles. The molecule has 2 amide bonds. The summed E-state index contributed by atoms with van der Waals surface area (Å²) in [5.41, 5.74) is 8.23. The third-order valence-corrected chi connectivity index (χ3v) is 3.05. The van der Waals surface area contributed by atoms with Crippen LogP contribution in [0.4, 0.5) is 5.69 Å². The van der Waals surface area contributed by atoms with E-state index in [1.165, 1.54) is 0 Å². The molecule has 0 radical (unpaired) electrons. The number of carbonyl (C=O) groups excluding carboxylic acids is 2. The quantitative estimate of drug-likeness (QED) is 0.744. The van der Waals surface area contributed by atoms with Crippen LogP contribution in [0.1, 0.15) is 26.3 Å².